The summed E-state index contributed by atoms with van der Waals surface area (Å²) in [4.78, 5) is 24.4. The van der Waals surface area contributed by atoms with Gasteiger partial charge in [0, 0.05) is 12.1 Å². The molecule has 0 atom stereocenters. The normalized spacial score (nSPS) is 10.5. The van der Waals surface area contributed by atoms with E-state index in [-0.39, 0.29) is 17.6 Å². The van der Waals surface area contributed by atoms with Crippen LogP contribution >= 0.6 is 23.1 Å². The number of thioether (sulfide) groups is 1. The molecular formula is C23H26N4O3S2. The van der Waals surface area contributed by atoms with Gasteiger partial charge in [-0.3, -0.25) is 14.9 Å². The molecule has 7 nitrogen and oxygen atoms in total. The van der Waals surface area contributed by atoms with Gasteiger partial charge in [0.05, 0.1) is 12.4 Å². The molecule has 168 valence electrons. The third kappa shape index (κ3) is 7.97. The van der Waals surface area contributed by atoms with E-state index in [0.717, 1.165) is 25.0 Å². The Bertz CT molecular complexity index is 994. The Morgan fingerprint density at radius 3 is 2.59 bits per heavy atom. The Labute approximate surface area is 196 Å². The molecule has 0 aliphatic rings. The first-order valence-corrected chi connectivity index (χ1v) is 12.3. The van der Waals surface area contributed by atoms with Crippen LogP contribution in [0.25, 0.3) is 0 Å². The zero-order valence-electron chi connectivity index (χ0n) is 17.9. The molecule has 3 aromatic rings. The summed E-state index contributed by atoms with van der Waals surface area (Å²) >= 11 is 2.53. The van der Waals surface area contributed by atoms with Crippen LogP contribution in [0.2, 0.25) is 0 Å². The first-order chi connectivity index (χ1) is 15.6. The lowest BCUT2D eigenvalue weighted by Gasteiger charge is -2.06. The first kappa shape index (κ1) is 23.7. The number of carbonyl (C=O) groups is 2. The topological polar surface area (TPSA) is 93.2 Å². The van der Waals surface area contributed by atoms with Gasteiger partial charge in [-0.15, -0.1) is 10.2 Å². The van der Waals surface area contributed by atoms with Gasteiger partial charge in [-0.05, 0) is 42.7 Å². The summed E-state index contributed by atoms with van der Waals surface area (Å²) in [7, 11) is 0. The maximum absolute atomic E-state index is 12.4. The number of aromatic nitrogens is 2. The van der Waals surface area contributed by atoms with Crippen molar-refractivity contribution in [2.75, 3.05) is 24.2 Å². The number of nitrogens with zero attached hydrogens (tertiary/aromatic N) is 2. The van der Waals surface area contributed by atoms with Gasteiger partial charge in [0.2, 0.25) is 11.0 Å². The highest BCUT2D eigenvalue weighted by Gasteiger charge is 2.12. The Morgan fingerprint density at radius 1 is 1.06 bits per heavy atom. The van der Waals surface area contributed by atoms with Crippen LogP contribution in [0.1, 0.15) is 35.7 Å². The van der Waals surface area contributed by atoms with Gasteiger partial charge in [-0.1, -0.05) is 66.8 Å². The third-order valence-corrected chi connectivity index (χ3v) is 6.39. The Hall–Kier alpha value is -2.91. The molecule has 0 unspecified atom stereocenters. The third-order valence-electron chi connectivity index (χ3n) is 4.42. The van der Waals surface area contributed by atoms with Crippen LogP contribution < -0.4 is 15.4 Å². The monoisotopic (exact) mass is 470 g/mol. The summed E-state index contributed by atoms with van der Waals surface area (Å²) in [5, 5.41) is 14.1. The van der Waals surface area contributed by atoms with Gasteiger partial charge in [-0.25, -0.2) is 0 Å². The Balaban J connectivity index is 1.39. The van der Waals surface area contributed by atoms with E-state index in [1.54, 1.807) is 24.3 Å². The smallest absolute Gasteiger partial charge is 0.257 e. The second kappa shape index (κ2) is 12.8. The van der Waals surface area contributed by atoms with Gasteiger partial charge >= 0.3 is 0 Å². The zero-order chi connectivity index (χ0) is 22.6. The lowest BCUT2D eigenvalue weighted by Crippen LogP contribution is -2.27. The predicted octanol–water partition coefficient (Wildman–Crippen LogP) is 4.42. The fourth-order valence-electron chi connectivity index (χ4n) is 2.69. The molecule has 2 aromatic carbocycles. The van der Waals surface area contributed by atoms with Crippen LogP contribution in [0.15, 0.2) is 58.9 Å². The van der Waals surface area contributed by atoms with Crippen molar-refractivity contribution < 1.29 is 14.3 Å². The molecule has 0 aliphatic carbocycles. The molecule has 0 bridgehead atoms. The Morgan fingerprint density at radius 2 is 1.84 bits per heavy atom. The highest BCUT2D eigenvalue weighted by Crippen LogP contribution is 2.25. The number of nitrogens with one attached hydrogen (secondary N) is 2. The summed E-state index contributed by atoms with van der Waals surface area (Å²) in [5.74, 6) is 0.660. The molecule has 0 fully saturated rings. The molecule has 1 heterocycles. The van der Waals surface area contributed by atoms with Crippen molar-refractivity contribution in [1.82, 2.24) is 15.5 Å². The highest BCUT2D eigenvalue weighted by molar-refractivity contribution is 8.01. The summed E-state index contributed by atoms with van der Waals surface area (Å²) in [5.41, 5.74) is 1.69. The lowest BCUT2D eigenvalue weighted by molar-refractivity contribution is -0.118. The minimum atomic E-state index is -0.267. The van der Waals surface area contributed by atoms with Gasteiger partial charge in [0.1, 0.15) is 5.75 Å². The molecule has 1 aromatic heterocycles. The maximum atomic E-state index is 12.4. The molecule has 0 aliphatic heterocycles. The predicted molar refractivity (Wildman–Crippen MR) is 129 cm³/mol. The SMILES string of the molecule is CCCCOc1ccc(C(=O)Nc2nnc(SCC(=O)NCCc3ccccc3)s2)cc1. The van der Waals surface area contributed by atoms with Gasteiger partial charge in [0.15, 0.2) is 4.34 Å². The molecule has 0 saturated carbocycles. The van der Waals surface area contributed by atoms with E-state index < -0.39 is 0 Å². The molecule has 0 radical (unpaired) electrons. The van der Waals surface area contributed by atoms with Crippen molar-refractivity contribution in [3.8, 4) is 5.75 Å². The first-order valence-electron chi connectivity index (χ1n) is 10.4. The summed E-state index contributed by atoms with van der Waals surface area (Å²) in [6.45, 7) is 3.36. The van der Waals surface area contributed by atoms with Crippen LogP contribution in [0.4, 0.5) is 5.13 Å². The number of carbonyl (C=O) groups excluding carboxylic acids is 2. The van der Waals surface area contributed by atoms with Gasteiger partial charge < -0.3 is 10.1 Å². The van der Waals surface area contributed by atoms with E-state index in [2.05, 4.69) is 27.8 Å². The zero-order valence-corrected chi connectivity index (χ0v) is 19.5. The minimum Gasteiger partial charge on any atom is -0.494 e. The van der Waals surface area contributed by atoms with Crippen LogP contribution in [0.5, 0.6) is 5.75 Å². The summed E-state index contributed by atoms with van der Waals surface area (Å²) in [6.07, 6.45) is 2.86. The number of benzene rings is 2. The van der Waals surface area contributed by atoms with E-state index in [0.29, 0.717) is 28.2 Å². The van der Waals surface area contributed by atoms with Crippen molar-refractivity contribution in [3.05, 3.63) is 65.7 Å². The average molecular weight is 471 g/mol. The van der Waals surface area contributed by atoms with Crippen LogP contribution in [-0.4, -0.2) is 40.9 Å². The van der Waals surface area contributed by atoms with Crippen LogP contribution in [0.3, 0.4) is 0 Å². The van der Waals surface area contributed by atoms with Crippen molar-refractivity contribution in [1.29, 1.82) is 0 Å². The highest BCUT2D eigenvalue weighted by atomic mass is 32.2. The van der Waals surface area contributed by atoms with Gasteiger partial charge in [0.25, 0.3) is 5.91 Å². The summed E-state index contributed by atoms with van der Waals surface area (Å²) in [6, 6.07) is 17.0. The number of rotatable bonds is 12. The van der Waals surface area contributed by atoms with E-state index in [1.165, 1.54) is 28.7 Å². The largest absolute Gasteiger partial charge is 0.494 e. The van der Waals surface area contributed by atoms with Crippen molar-refractivity contribution in [2.45, 2.75) is 30.5 Å². The van der Waals surface area contributed by atoms with Crippen molar-refractivity contribution >= 4 is 40.0 Å². The second-order valence-corrected chi connectivity index (χ2v) is 9.13. The number of amides is 2. The second-order valence-electron chi connectivity index (χ2n) is 6.93. The molecule has 2 N–H and O–H groups in total. The molecular weight excluding hydrogens is 444 g/mol. The van der Waals surface area contributed by atoms with E-state index in [4.69, 9.17) is 4.74 Å². The maximum Gasteiger partial charge on any atom is 0.257 e. The van der Waals surface area contributed by atoms with Crippen molar-refractivity contribution in [3.63, 3.8) is 0 Å². The van der Waals surface area contributed by atoms with Crippen LogP contribution in [0, 0.1) is 0 Å². The fourth-order valence-corrected chi connectivity index (χ4v) is 4.27. The standard InChI is InChI=1S/C23H26N4O3S2/c1-2-3-15-30-19-11-9-18(10-12-19)21(29)25-22-26-27-23(32-22)31-16-20(28)24-14-13-17-7-5-4-6-8-17/h4-12H,2-3,13-16H2,1H3,(H,24,28)(H,25,26,29). The number of anilines is 1. The Kier molecular flexibility index (Phi) is 9.52. The quantitative estimate of drug-likeness (QED) is 0.231. The van der Waals surface area contributed by atoms with E-state index in [1.807, 2.05) is 30.3 Å². The number of hydrogen-bond donors (Lipinski definition) is 2. The average Bonchev–Trinajstić information content (AvgIpc) is 3.26. The molecule has 0 saturated heterocycles. The van der Waals surface area contributed by atoms with E-state index in [9.17, 15) is 9.59 Å². The molecule has 3 rings (SSSR count). The number of ether oxygens (including phenoxy) is 1. The summed E-state index contributed by atoms with van der Waals surface area (Å²) < 4.78 is 6.23. The fraction of sp³-hybridized carbons (Fsp3) is 0.304. The number of hydrogen-bond acceptors (Lipinski definition) is 7. The molecule has 32 heavy (non-hydrogen) atoms. The minimum absolute atomic E-state index is 0.0621. The molecule has 0 spiro atoms. The van der Waals surface area contributed by atoms with E-state index >= 15 is 0 Å². The molecule has 2 amide bonds. The van der Waals surface area contributed by atoms with Gasteiger partial charge in [-0.2, -0.15) is 0 Å². The number of unbranched alkanes of at least 4 members (excludes halogenated alkanes) is 1. The lowest BCUT2D eigenvalue weighted by atomic mass is 10.1. The van der Waals surface area contributed by atoms with Crippen LogP contribution in [-0.2, 0) is 11.2 Å². The van der Waals surface area contributed by atoms with Crippen molar-refractivity contribution in [2.24, 2.45) is 0 Å². The molecule has 9 heteroatoms.